The quantitative estimate of drug-likeness (QED) is 0.770. The van der Waals surface area contributed by atoms with Crippen molar-refractivity contribution in [2.45, 2.75) is 44.2 Å². The van der Waals surface area contributed by atoms with Gasteiger partial charge in [-0.1, -0.05) is 6.07 Å². The van der Waals surface area contributed by atoms with Crippen molar-refractivity contribution in [3.05, 3.63) is 35.4 Å². The molecule has 28 heavy (non-hydrogen) atoms. The highest BCUT2D eigenvalue weighted by molar-refractivity contribution is 5.79. The van der Waals surface area contributed by atoms with Gasteiger partial charge in [0, 0.05) is 69.7 Å². The van der Waals surface area contributed by atoms with Gasteiger partial charge in [-0.3, -0.25) is 9.69 Å². The second kappa shape index (κ2) is 9.76. The highest BCUT2D eigenvalue weighted by Gasteiger charge is 2.37. The van der Waals surface area contributed by atoms with Crippen LogP contribution in [0.2, 0.25) is 0 Å². The topological polar surface area (TPSA) is 50.8 Å². The van der Waals surface area contributed by atoms with Crippen LogP contribution in [-0.4, -0.2) is 56.4 Å². The zero-order valence-corrected chi connectivity index (χ0v) is 16.5. The molecule has 2 aliphatic rings. The summed E-state index contributed by atoms with van der Waals surface area (Å²) in [6, 6.07) is 3.72. The van der Waals surface area contributed by atoms with Crippen LogP contribution in [0.5, 0.6) is 0 Å². The number of carbonyl (C=O) groups is 1. The third kappa shape index (κ3) is 5.49. The number of carbonyl (C=O) groups excluding carboxylic acids is 1. The molecule has 7 heteroatoms. The van der Waals surface area contributed by atoms with Crippen LogP contribution in [0.25, 0.3) is 0 Å². The molecule has 1 amide bonds. The molecule has 2 aliphatic heterocycles. The molecule has 0 aromatic heterocycles. The van der Waals surface area contributed by atoms with E-state index in [4.69, 9.17) is 9.47 Å². The Morgan fingerprint density at radius 2 is 2.00 bits per heavy atom. The average Bonchev–Trinajstić information content (AvgIpc) is 2.71. The number of hydrogen-bond acceptors (Lipinski definition) is 4. The number of rotatable bonds is 7. The molecule has 1 aromatic carbocycles. The van der Waals surface area contributed by atoms with E-state index in [0.717, 1.165) is 51.3 Å². The van der Waals surface area contributed by atoms with Crippen LogP contribution in [0.4, 0.5) is 8.78 Å². The van der Waals surface area contributed by atoms with E-state index in [9.17, 15) is 13.6 Å². The third-order valence-electron chi connectivity index (χ3n) is 5.99. The van der Waals surface area contributed by atoms with Crippen molar-refractivity contribution in [2.75, 3.05) is 40.0 Å². The second-order valence-electron chi connectivity index (χ2n) is 7.91. The molecule has 1 aromatic rings. The lowest BCUT2D eigenvalue weighted by atomic mass is 9.83. The Morgan fingerprint density at radius 1 is 1.29 bits per heavy atom. The van der Waals surface area contributed by atoms with Gasteiger partial charge in [-0.2, -0.15) is 0 Å². The highest BCUT2D eigenvalue weighted by Crippen LogP contribution is 2.29. The number of nitrogens with one attached hydrogen (secondary N) is 1. The van der Waals surface area contributed by atoms with E-state index in [1.807, 2.05) is 0 Å². The fraction of sp³-hybridized carbons (Fsp3) is 0.667. The van der Waals surface area contributed by atoms with Crippen LogP contribution in [0.15, 0.2) is 18.2 Å². The summed E-state index contributed by atoms with van der Waals surface area (Å²) in [4.78, 5) is 14.9. The smallest absolute Gasteiger partial charge is 0.223 e. The maximum Gasteiger partial charge on any atom is 0.223 e. The Kier molecular flexibility index (Phi) is 7.37. The minimum atomic E-state index is -0.561. The zero-order valence-electron chi connectivity index (χ0n) is 16.5. The lowest BCUT2D eigenvalue weighted by Crippen LogP contribution is -2.57. The van der Waals surface area contributed by atoms with Gasteiger partial charge in [0.2, 0.25) is 5.91 Å². The molecule has 2 fully saturated rings. The van der Waals surface area contributed by atoms with Gasteiger partial charge in [0.25, 0.3) is 0 Å². The molecule has 0 radical (unpaired) electrons. The summed E-state index contributed by atoms with van der Waals surface area (Å²) in [6.45, 7) is 3.80. The van der Waals surface area contributed by atoms with Crippen LogP contribution in [0, 0.1) is 17.6 Å². The van der Waals surface area contributed by atoms with Crippen molar-refractivity contribution >= 4 is 5.91 Å². The average molecular weight is 396 g/mol. The van der Waals surface area contributed by atoms with Crippen molar-refractivity contribution in [2.24, 2.45) is 5.92 Å². The summed E-state index contributed by atoms with van der Waals surface area (Å²) in [5.41, 5.74) is 0.209. The van der Waals surface area contributed by atoms with Gasteiger partial charge in [-0.25, -0.2) is 8.78 Å². The maximum atomic E-state index is 14.0. The Morgan fingerprint density at radius 3 is 2.64 bits per heavy atom. The molecule has 156 valence electrons. The molecule has 0 bridgehead atoms. The molecule has 2 saturated heterocycles. The predicted molar refractivity (Wildman–Crippen MR) is 102 cm³/mol. The van der Waals surface area contributed by atoms with Crippen molar-refractivity contribution in [3.63, 3.8) is 0 Å². The first-order valence-corrected chi connectivity index (χ1v) is 10.1. The Labute approximate surface area is 165 Å². The van der Waals surface area contributed by atoms with Gasteiger partial charge >= 0.3 is 0 Å². The van der Waals surface area contributed by atoms with E-state index in [-0.39, 0.29) is 17.4 Å². The van der Waals surface area contributed by atoms with Crippen LogP contribution in [0.3, 0.4) is 0 Å². The minimum absolute atomic E-state index is 0.0134. The molecule has 2 heterocycles. The summed E-state index contributed by atoms with van der Waals surface area (Å²) < 4.78 is 37.7. The summed E-state index contributed by atoms with van der Waals surface area (Å²) in [6.07, 6.45) is 3.86. The Bertz CT molecular complexity index is 657. The third-order valence-corrected chi connectivity index (χ3v) is 5.99. The summed E-state index contributed by atoms with van der Waals surface area (Å²) in [7, 11) is 1.67. The lowest BCUT2D eigenvalue weighted by molar-refractivity contribution is -0.130. The number of amides is 1. The van der Waals surface area contributed by atoms with Crippen molar-refractivity contribution in [3.8, 4) is 0 Å². The summed E-state index contributed by atoms with van der Waals surface area (Å²) in [5, 5.41) is 3.32. The number of piperidine rings is 1. The minimum Gasteiger partial charge on any atom is -0.385 e. The van der Waals surface area contributed by atoms with E-state index >= 15 is 0 Å². The normalized spacial score (nSPS) is 20.8. The zero-order chi connectivity index (χ0) is 20.0. The molecule has 0 spiro atoms. The molecule has 0 unspecified atom stereocenters. The van der Waals surface area contributed by atoms with Gasteiger partial charge < -0.3 is 14.8 Å². The van der Waals surface area contributed by atoms with Gasteiger partial charge in [0.05, 0.1) is 0 Å². The Hall–Kier alpha value is -1.57. The molecule has 0 aliphatic carbocycles. The SMILES string of the molecule is COCCC1(NC(=O)C2CCOCC2)CCN(Cc2ccc(F)cc2F)CC1. The molecule has 0 atom stereocenters. The monoisotopic (exact) mass is 396 g/mol. The van der Waals surface area contributed by atoms with Gasteiger partial charge in [-0.15, -0.1) is 0 Å². The van der Waals surface area contributed by atoms with Crippen LogP contribution in [0.1, 0.15) is 37.7 Å². The fourth-order valence-corrected chi connectivity index (χ4v) is 4.09. The second-order valence-corrected chi connectivity index (χ2v) is 7.91. The Balaban J connectivity index is 1.59. The van der Waals surface area contributed by atoms with Gasteiger partial charge in [-0.05, 0) is 38.2 Å². The standard InChI is InChI=1S/C21H30F2N2O3/c1-27-13-8-21(24-20(26)16-4-11-28-12-5-16)6-9-25(10-7-21)15-17-2-3-18(22)14-19(17)23/h2-3,14,16H,4-13,15H2,1H3,(H,24,26). The van der Waals surface area contributed by atoms with Gasteiger partial charge in [0.1, 0.15) is 11.6 Å². The molecule has 5 nitrogen and oxygen atoms in total. The first-order chi connectivity index (χ1) is 13.5. The number of likely N-dealkylation sites (tertiary alicyclic amines) is 1. The number of methoxy groups -OCH3 is 1. The number of halogens is 2. The maximum absolute atomic E-state index is 14.0. The number of hydrogen-bond donors (Lipinski definition) is 1. The summed E-state index contributed by atoms with van der Waals surface area (Å²) >= 11 is 0. The number of ether oxygens (including phenoxy) is 2. The molecule has 3 rings (SSSR count). The van der Waals surface area contributed by atoms with E-state index in [1.165, 1.54) is 12.1 Å². The first kappa shape index (κ1) is 21.1. The van der Waals surface area contributed by atoms with E-state index in [2.05, 4.69) is 10.2 Å². The first-order valence-electron chi connectivity index (χ1n) is 10.1. The molecular weight excluding hydrogens is 366 g/mol. The van der Waals surface area contributed by atoms with Crippen LogP contribution >= 0.6 is 0 Å². The van der Waals surface area contributed by atoms with Gasteiger partial charge in [0.15, 0.2) is 0 Å². The highest BCUT2D eigenvalue weighted by atomic mass is 19.1. The van der Waals surface area contributed by atoms with E-state index in [1.54, 1.807) is 7.11 Å². The van der Waals surface area contributed by atoms with Crippen molar-refractivity contribution in [1.29, 1.82) is 0 Å². The molecule has 1 N–H and O–H groups in total. The predicted octanol–water partition coefficient (Wildman–Crippen LogP) is 2.88. The summed E-state index contributed by atoms with van der Waals surface area (Å²) in [5.74, 6) is -0.949. The van der Waals surface area contributed by atoms with Crippen LogP contribution in [-0.2, 0) is 20.8 Å². The lowest BCUT2D eigenvalue weighted by Gasteiger charge is -2.43. The largest absolute Gasteiger partial charge is 0.385 e. The van der Waals surface area contributed by atoms with E-state index < -0.39 is 11.6 Å². The van der Waals surface area contributed by atoms with Crippen LogP contribution < -0.4 is 5.32 Å². The number of nitrogens with zero attached hydrogens (tertiary/aromatic N) is 1. The van der Waals surface area contributed by atoms with E-state index in [0.29, 0.717) is 31.9 Å². The molecular formula is C21H30F2N2O3. The fourth-order valence-electron chi connectivity index (χ4n) is 4.09. The van der Waals surface area contributed by atoms with Crippen molar-refractivity contribution in [1.82, 2.24) is 10.2 Å². The van der Waals surface area contributed by atoms with Crippen molar-refractivity contribution < 1.29 is 23.0 Å². The number of benzene rings is 1. The molecule has 0 saturated carbocycles.